The third-order valence-corrected chi connectivity index (χ3v) is 6.61. The topological polar surface area (TPSA) is 131 Å². The van der Waals surface area contributed by atoms with Crippen LogP contribution >= 0.6 is 0 Å². The van der Waals surface area contributed by atoms with Crippen molar-refractivity contribution < 1.29 is 18.8 Å². The lowest BCUT2D eigenvalue weighted by Gasteiger charge is -2.28. The van der Waals surface area contributed by atoms with Crippen LogP contribution in [0.3, 0.4) is 0 Å². The monoisotopic (exact) mass is 492 g/mol. The lowest BCUT2D eigenvalue weighted by atomic mass is 10.1. The number of fused-ring (bicyclic) bond motifs is 1. The van der Waals surface area contributed by atoms with E-state index < -0.39 is 11.9 Å². The molecule has 3 N–H and O–H groups in total. The second-order valence-corrected chi connectivity index (χ2v) is 9.22. The van der Waals surface area contributed by atoms with Gasteiger partial charge in [0.1, 0.15) is 29.3 Å². The van der Waals surface area contributed by atoms with Crippen LogP contribution < -0.4 is 16.0 Å². The van der Waals surface area contributed by atoms with E-state index in [-0.39, 0.29) is 29.8 Å². The number of nitrogens with zero attached hydrogens (tertiary/aromatic N) is 3. The number of rotatable bonds is 7. The Morgan fingerprint density at radius 3 is 2.61 bits per heavy atom. The molecule has 10 heteroatoms. The summed E-state index contributed by atoms with van der Waals surface area (Å²) in [4.78, 5) is 42.1. The first-order chi connectivity index (χ1) is 17.4. The second-order valence-electron chi connectivity index (χ2n) is 9.22. The van der Waals surface area contributed by atoms with Crippen molar-refractivity contribution in [2.75, 3.05) is 38.5 Å². The molecule has 0 radical (unpaired) electrons. The minimum Gasteiger partial charge on any atom is -0.461 e. The van der Waals surface area contributed by atoms with Crippen LogP contribution in [0.2, 0.25) is 0 Å². The van der Waals surface area contributed by atoms with E-state index >= 15 is 0 Å². The summed E-state index contributed by atoms with van der Waals surface area (Å²) in [6.07, 6.45) is 4.05. The molecule has 0 aliphatic carbocycles. The normalized spacial score (nSPS) is 18.9. The zero-order chi connectivity index (χ0) is 25.7. The van der Waals surface area contributed by atoms with Gasteiger partial charge >= 0.3 is 0 Å². The highest BCUT2D eigenvalue weighted by molar-refractivity contribution is 5.98. The number of carbonyl (C=O) groups excluding carboxylic acids is 3. The summed E-state index contributed by atoms with van der Waals surface area (Å²) in [6, 6.07) is 8.59. The molecule has 0 bridgehead atoms. The molecule has 3 heterocycles. The van der Waals surface area contributed by atoms with E-state index in [4.69, 9.17) is 4.42 Å². The summed E-state index contributed by atoms with van der Waals surface area (Å²) in [5, 5.41) is 19.4. The quantitative estimate of drug-likeness (QED) is 0.399. The molecular formula is C26H32N6O4. The second kappa shape index (κ2) is 11.2. The van der Waals surface area contributed by atoms with Crippen molar-refractivity contribution >= 4 is 34.4 Å². The molecule has 10 nitrogen and oxygen atoms in total. The third kappa shape index (κ3) is 5.62. The fourth-order valence-electron chi connectivity index (χ4n) is 4.71. The van der Waals surface area contributed by atoms with Crippen molar-refractivity contribution in [3.05, 3.63) is 41.4 Å². The average Bonchev–Trinajstić information content (AvgIpc) is 3.50. The van der Waals surface area contributed by atoms with E-state index in [1.165, 1.54) is 7.05 Å². The molecule has 2 fully saturated rings. The van der Waals surface area contributed by atoms with Crippen molar-refractivity contribution in [1.29, 1.82) is 5.26 Å². The average molecular weight is 493 g/mol. The maximum atomic E-state index is 13.5. The van der Waals surface area contributed by atoms with Crippen LogP contribution in [0.5, 0.6) is 0 Å². The predicted molar refractivity (Wildman–Crippen MR) is 134 cm³/mol. The first kappa shape index (κ1) is 25.1. The maximum Gasteiger partial charge on any atom is 0.265 e. The van der Waals surface area contributed by atoms with Gasteiger partial charge in [0.2, 0.25) is 11.8 Å². The van der Waals surface area contributed by atoms with Gasteiger partial charge in [-0.3, -0.25) is 14.4 Å². The molecule has 4 rings (SSSR count). The Morgan fingerprint density at radius 1 is 1.14 bits per heavy atom. The van der Waals surface area contributed by atoms with Crippen LogP contribution in [-0.4, -0.2) is 66.8 Å². The van der Waals surface area contributed by atoms with Crippen molar-refractivity contribution in [1.82, 2.24) is 20.4 Å². The molecule has 2 aromatic rings. The molecule has 190 valence electrons. The molecule has 1 aromatic heterocycles. The van der Waals surface area contributed by atoms with Crippen LogP contribution in [0.4, 0.5) is 5.69 Å². The molecule has 0 saturated carbocycles. The van der Waals surface area contributed by atoms with Gasteiger partial charge in [-0.25, -0.2) is 0 Å². The first-order valence-electron chi connectivity index (χ1n) is 12.4. The number of amides is 3. The largest absolute Gasteiger partial charge is 0.461 e. The summed E-state index contributed by atoms with van der Waals surface area (Å²) in [7, 11) is 1.44. The van der Waals surface area contributed by atoms with Gasteiger partial charge in [-0.2, -0.15) is 5.26 Å². The zero-order valence-electron chi connectivity index (χ0n) is 20.7. The number of nitriles is 1. The fraction of sp³-hybridized carbons (Fsp3) is 0.462. The predicted octanol–water partition coefficient (Wildman–Crippen LogP) is 2.23. The van der Waals surface area contributed by atoms with Crippen LogP contribution in [0.25, 0.3) is 11.0 Å². The van der Waals surface area contributed by atoms with Gasteiger partial charge < -0.3 is 30.2 Å². The van der Waals surface area contributed by atoms with Gasteiger partial charge in [0.05, 0.1) is 6.54 Å². The lowest BCUT2D eigenvalue weighted by Crippen LogP contribution is -2.49. The smallest absolute Gasteiger partial charge is 0.265 e. The van der Waals surface area contributed by atoms with E-state index in [0.29, 0.717) is 18.7 Å². The van der Waals surface area contributed by atoms with E-state index in [9.17, 15) is 19.6 Å². The first-order valence-corrected chi connectivity index (χ1v) is 12.4. The van der Waals surface area contributed by atoms with Crippen molar-refractivity contribution in [2.24, 2.45) is 0 Å². The molecule has 2 saturated heterocycles. The van der Waals surface area contributed by atoms with Crippen LogP contribution in [-0.2, 0) is 14.4 Å². The Kier molecular flexibility index (Phi) is 7.78. The van der Waals surface area contributed by atoms with Crippen molar-refractivity contribution in [3.63, 3.8) is 0 Å². The van der Waals surface area contributed by atoms with E-state index in [1.54, 1.807) is 21.9 Å². The van der Waals surface area contributed by atoms with Gasteiger partial charge in [0.25, 0.3) is 5.91 Å². The van der Waals surface area contributed by atoms with Crippen molar-refractivity contribution in [2.45, 2.75) is 45.1 Å². The Bertz CT molecular complexity index is 1220. The van der Waals surface area contributed by atoms with Gasteiger partial charge in [-0.15, -0.1) is 0 Å². The maximum absolute atomic E-state index is 13.5. The zero-order valence-corrected chi connectivity index (χ0v) is 20.7. The number of hydrogen-bond donors (Lipinski definition) is 3. The molecule has 2 aliphatic heterocycles. The molecule has 0 unspecified atom stereocenters. The third-order valence-electron chi connectivity index (χ3n) is 6.61. The number of hydrogen-bond acceptors (Lipinski definition) is 7. The standard InChI is InChI=1S/C26H32N6O4/c1-17-13-18-14-19(8-9-22(18)36-17)29-24(20(15-27)25(34)28-2)30-21-7-3-4-12-32(26(21)35)16-23(33)31-10-5-6-11-31/h8-9,13-14,21,29-30H,3-7,10-12,16H2,1-2H3,(H,28,34)/b24-20-/t21-/m0/s1. The van der Waals surface area contributed by atoms with Crippen molar-refractivity contribution in [3.8, 4) is 6.07 Å². The van der Waals surface area contributed by atoms with Gasteiger partial charge in [0.15, 0.2) is 5.57 Å². The minimum absolute atomic E-state index is 0.0397. The van der Waals surface area contributed by atoms with Crippen LogP contribution in [0, 0.1) is 18.3 Å². The number of likely N-dealkylation sites (N-methyl/N-ethyl adjacent to an activating group) is 1. The summed E-state index contributed by atoms with van der Waals surface area (Å²) in [5.41, 5.74) is 1.18. The Hall–Kier alpha value is -4.00. The minimum atomic E-state index is -0.686. The number of aryl methyl sites for hydroxylation is 1. The van der Waals surface area contributed by atoms with Crippen LogP contribution in [0.1, 0.15) is 37.9 Å². The Labute approximate surface area is 210 Å². The molecule has 2 aliphatic rings. The van der Waals surface area contributed by atoms with Gasteiger partial charge in [0, 0.05) is 37.8 Å². The number of benzene rings is 1. The van der Waals surface area contributed by atoms with Gasteiger partial charge in [-0.05, 0) is 63.3 Å². The van der Waals surface area contributed by atoms with E-state index in [1.807, 2.05) is 25.1 Å². The Balaban J connectivity index is 1.58. The molecule has 1 atom stereocenters. The molecular weight excluding hydrogens is 460 g/mol. The molecule has 36 heavy (non-hydrogen) atoms. The van der Waals surface area contributed by atoms with Gasteiger partial charge in [-0.1, -0.05) is 0 Å². The molecule has 3 amide bonds. The summed E-state index contributed by atoms with van der Waals surface area (Å²) >= 11 is 0. The number of nitrogens with one attached hydrogen (secondary N) is 3. The summed E-state index contributed by atoms with van der Waals surface area (Å²) in [6.45, 7) is 3.87. The van der Waals surface area contributed by atoms with E-state index in [2.05, 4.69) is 16.0 Å². The number of anilines is 1. The fourth-order valence-corrected chi connectivity index (χ4v) is 4.71. The van der Waals surface area contributed by atoms with Crippen LogP contribution in [0.15, 0.2) is 40.1 Å². The highest BCUT2D eigenvalue weighted by Crippen LogP contribution is 2.24. The molecule has 0 spiro atoms. The highest BCUT2D eigenvalue weighted by atomic mass is 16.3. The summed E-state index contributed by atoms with van der Waals surface area (Å²) in [5.74, 6) is 0.0840. The van der Waals surface area contributed by atoms with E-state index in [0.717, 1.165) is 55.5 Å². The molecule has 1 aromatic carbocycles. The number of carbonyl (C=O) groups is 3. The number of furan rings is 1. The lowest BCUT2D eigenvalue weighted by molar-refractivity contribution is -0.140. The Morgan fingerprint density at radius 2 is 1.89 bits per heavy atom. The summed E-state index contributed by atoms with van der Waals surface area (Å²) < 4.78 is 5.63. The SMILES string of the molecule is CNC(=O)/C(C#N)=C(/Nc1ccc2oc(C)cc2c1)N[C@H]1CCCCN(CC(=O)N2CCCC2)C1=O. The highest BCUT2D eigenvalue weighted by Gasteiger charge is 2.31. The number of likely N-dealkylation sites (tertiary alicyclic amines) is 2.